The number of carboxylic acids is 1. The molecule has 2 rings (SSSR count). The van der Waals surface area contributed by atoms with Gasteiger partial charge in [0.25, 0.3) is 5.69 Å². The molecule has 1 aromatic heterocycles. The molecule has 2 aromatic rings. The molecule has 0 amide bonds. The average molecular weight is 311 g/mol. The van der Waals surface area contributed by atoms with Crippen LogP contribution in [0.25, 0.3) is 0 Å². The Morgan fingerprint density at radius 1 is 1.35 bits per heavy atom. The maximum Gasteiger partial charge on any atom is 0.342 e. The molecule has 102 valence electrons. The molecule has 0 radical (unpaired) electrons. The molecule has 8 heteroatoms. The standard InChI is InChI=1S/C12H7ClN2O4S/c13-7-1-4-11(14-6-7)20-8-2-3-9(12(16)17)10(5-8)15(18)19/h1-6H,(H,16,17). The van der Waals surface area contributed by atoms with Gasteiger partial charge in [-0.15, -0.1) is 0 Å². The predicted octanol–water partition coefficient (Wildman–Crippen LogP) is 3.49. The smallest absolute Gasteiger partial charge is 0.342 e. The zero-order chi connectivity index (χ0) is 14.7. The van der Waals surface area contributed by atoms with Gasteiger partial charge in [-0.3, -0.25) is 10.1 Å². The zero-order valence-corrected chi connectivity index (χ0v) is 11.4. The molecule has 0 aliphatic carbocycles. The maximum atomic E-state index is 10.9. The van der Waals surface area contributed by atoms with Crippen molar-refractivity contribution in [3.8, 4) is 0 Å². The first-order valence-electron chi connectivity index (χ1n) is 5.28. The quantitative estimate of drug-likeness (QED) is 0.686. The third kappa shape index (κ3) is 3.25. The highest BCUT2D eigenvalue weighted by Gasteiger charge is 2.20. The molecule has 20 heavy (non-hydrogen) atoms. The lowest BCUT2D eigenvalue weighted by Gasteiger charge is -2.03. The van der Waals surface area contributed by atoms with Crippen LogP contribution in [0.3, 0.4) is 0 Å². The van der Waals surface area contributed by atoms with Gasteiger partial charge in [-0.1, -0.05) is 23.4 Å². The third-order valence-corrected chi connectivity index (χ3v) is 3.48. The van der Waals surface area contributed by atoms with E-state index >= 15 is 0 Å². The Morgan fingerprint density at radius 2 is 2.10 bits per heavy atom. The number of carbonyl (C=O) groups is 1. The number of nitro groups is 1. The molecule has 0 aliphatic heterocycles. The number of hydrogen-bond donors (Lipinski definition) is 1. The Hall–Kier alpha value is -2.12. The highest BCUT2D eigenvalue weighted by atomic mass is 35.5. The Labute approximate surface area is 122 Å². The van der Waals surface area contributed by atoms with Gasteiger partial charge < -0.3 is 5.11 Å². The van der Waals surface area contributed by atoms with Crippen LogP contribution in [0.15, 0.2) is 46.5 Å². The summed E-state index contributed by atoms with van der Waals surface area (Å²) in [7, 11) is 0. The summed E-state index contributed by atoms with van der Waals surface area (Å²) in [6.07, 6.45) is 1.46. The lowest BCUT2D eigenvalue weighted by atomic mass is 10.2. The number of hydrogen-bond acceptors (Lipinski definition) is 5. The number of rotatable bonds is 4. The van der Waals surface area contributed by atoms with Crippen LogP contribution >= 0.6 is 23.4 Å². The van der Waals surface area contributed by atoms with Crippen molar-refractivity contribution >= 4 is 35.0 Å². The van der Waals surface area contributed by atoms with E-state index in [2.05, 4.69) is 4.98 Å². The molecule has 0 bridgehead atoms. The van der Waals surface area contributed by atoms with Crippen molar-refractivity contribution in [2.45, 2.75) is 9.92 Å². The number of halogens is 1. The Balaban J connectivity index is 2.34. The number of pyridine rings is 1. The van der Waals surface area contributed by atoms with Gasteiger partial charge in [0, 0.05) is 17.2 Å². The number of carboxylic acid groups (broad SMARTS) is 1. The summed E-state index contributed by atoms with van der Waals surface area (Å²) in [5.74, 6) is -1.34. The maximum absolute atomic E-state index is 10.9. The van der Waals surface area contributed by atoms with E-state index in [1.54, 1.807) is 12.1 Å². The minimum Gasteiger partial charge on any atom is -0.477 e. The number of aromatic carboxylic acids is 1. The van der Waals surface area contributed by atoms with Crippen molar-refractivity contribution in [2.24, 2.45) is 0 Å². The summed E-state index contributed by atoms with van der Waals surface area (Å²) >= 11 is 6.89. The van der Waals surface area contributed by atoms with Crippen LogP contribution in [-0.4, -0.2) is 21.0 Å². The van der Waals surface area contributed by atoms with Gasteiger partial charge in [-0.25, -0.2) is 9.78 Å². The van der Waals surface area contributed by atoms with Crippen molar-refractivity contribution in [1.29, 1.82) is 0 Å². The highest BCUT2D eigenvalue weighted by molar-refractivity contribution is 7.99. The van der Waals surface area contributed by atoms with Crippen molar-refractivity contribution in [1.82, 2.24) is 4.98 Å². The first-order chi connectivity index (χ1) is 9.47. The fraction of sp³-hybridized carbons (Fsp3) is 0. The predicted molar refractivity (Wildman–Crippen MR) is 73.4 cm³/mol. The Morgan fingerprint density at radius 3 is 2.65 bits per heavy atom. The number of nitro benzene ring substituents is 1. The summed E-state index contributed by atoms with van der Waals surface area (Å²) in [6, 6.07) is 7.24. The fourth-order valence-corrected chi connectivity index (χ4v) is 2.35. The van der Waals surface area contributed by atoms with Gasteiger partial charge >= 0.3 is 5.97 Å². The van der Waals surface area contributed by atoms with E-state index in [1.807, 2.05) is 0 Å². The molecule has 0 atom stereocenters. The molecule has 0 spiro atoms. The van der Waals surface area contributed by atoms with Crippen molar-refractivity contribution in [2.75, 3.05) is 0 Å². The second-order valence-electron chi connectivity index (χ2n) is 3.66. The third-order valence-electron chi connectivity index (χ3n) is 2.32. The second kappa shape index (κ2) is 5.89. The molecular formula is C12H7ClN2O4S. The van der Waals surface area contributed by atoms with Gasteiger partial charge in [-0.05, 0) is 24.3 Å². The molecule has 0 saturated heterocycles. The molecular weight excluding hydrogens is 304 g/mol. The van der Waals surface area contributed by atoms with Crippen molar-refractivity contribution < 1.29 is 14.8 Å². The molecule has 0 unspecified atom stereocenters. The Kier molecular flexibility index (Phi) is 4.21. The molecule has 1 N–H and O–H groups in total. The topological polar surface area (TPSA) is 93.3 Å². The van der Waals surface area contributed by atoms with Gasteiger partial charge in [0.1, 0.15) is 10.6 Å². The molecule has 0 aliphatic rings. The van der Waals surface area contributed by atoms with Crippen LogP contribution < -0.4 is 0 Å². The zero-order valence-electron chi connectivity index (χ0n) is 9.82. The highest BCUT2D eigenvalue weighted by Crippen LogP contribution is 2.31. The van der Waals surface area contributed by atoms with Gasteiger partial charge in [-0.2, -0.15) is 0 Å². The van der Waals surface area contributed by atoms with E-state index in [1.165, 1.54) is 36.2 Å². The van der Waals surface area contributed by atoms with Crippen LogP contribution in [-0.2, 0) is 0 Å². The SMILES string of the molecule is O=C(O)c1ccc(Sc2ccc(Cl)cn2)cc1[N+](=O)[O-]. The monoisotopic (exact) mass is 310 g/mol. The van der Waals surface area contributed by atoms with Crippen LogP contribution in [0, 0.1) is 10.1 Å². The fourth-order valence-electron chi connectivity index (χ4n) is 1.45. The van der Waals surface area contributed by atoms with Gasteiger partial charge in [0.15, 0.2) is 0 Å². The van der Waals surface area contributed by atoms with Gasteiger partial charge in [0.2, 0.25) is 0 Å². The van der Waals surface area contributed by atoms with Crippen LogP contribution in [0.1, 0.15) is 10.4 Å². The number of benzene rings is 1. The molecule has 1 heterocycles. The first-order valence-corrected chi connectivity index (χ1v) is 6.48. The minimum atomic E-state index is -1.34. The van der Waals surface area contributed by atoms with Crippen LogP contribution in [0.5, 0.6) is 0 Å². The summed E-state index contributed by atoms with van der Waals surface area (Å²) in [5.41, 5.74) is -0.792. The summed E-state index contributed by atoms with van der Waals surface area (Å²) < 4.78 is 0. The normalized spacial score (nSPS) is 10.2. The molecule has 6 nitrogen and oxygen atoms in total. The van der Waals surface area contributed by atoms with E-state index < -0.39 is 16.6 Å². The lowest BCUT2D eigenvalue weighted by Crippen LogP contribution is -2.02. The largest absolute Gasteiger partial charge is 0.477 e. The van der Waals surface area contributed by atoms with Crippen molar-refractivity contribution in [3.63, 3.8) is 0 Å². The van der Waals surface area contributed by atoms with E-state index in [9.17, 15) is 14.9 Å². The van der Waals surface area contributed by atoms with Gasteiger partial charge in [0.05, 0.1) is 9.95 Å². The molecule has 0 fully saturated rings. The second-order valence-corrected chi connectivity index (χ2v) is 5.19. The van der Waals surface area contributed by atoms with E-state index in [-0.39, 0.29) is 5.56 Å². The van der Waals surface area contributed by atoms with E-state index in [4.69, 9.17) is 16.7 Å². The number of aromatic nitrogens is 1. The molecule has 0 saturated carbocycles. The summed E-state index contributed by atoms with van der Waals surface area (Å²) in [6.45, 7) is 0. The summed E-state index contributed by atoms with van der Waals surface area (Å²) in [4.78, 5) is 25.6. The number of nitrogens with zero attached hydrogens (tertiary/aromatic N) is 2. The first kappa shape index (κ1) is 14.3. The molecule has 1 aromatic carbocycles. The van der Waals surface area contributed by atoms with Crippen LogP contribution in [0.4, 0.5) is 5.69 Å². The van der Waals surface area contributed by atoms with E-state index in [0.29, 0.717) is 14.9 Å². The average Bonchev–Trinajstić information content (AvgIpc) is 2.41. The van der Waals surface area contributed by atoms with Crippen LogP contribution in [0.2, 0.25) is 5.02 Å². The minimum absolute atomic E-state index is 0.344. The lowest BCUT2D eigenvalue weighted by molar-refractivity contribution is -0.385. The summed E-state index contributed by atoms with van der Waals surface area (Å²) in [5, 5.41) is 20.9. The van der Waals surface area contributed by atoms with Crippen molar-refractivity contribution in [3.05, 3.63) is 57.2 Å². The Bertz CT molecular complexity index is 676. The van der Waals surface area contributed by atoms with E-state index in [0.717, 1.165) is 0 Å².